The number of hydrogen-bond acceptors (Lipinski definition) is 6. The van der Waals surface area contributed by atoms with Gasteiger partial charge in [0.1, 0.15) is 5.70 Å². The molecular weight excluding hydrogens is 540 g/mol. The fraction of sp³-hybridized carbons (Fsp3) is 0.103. The van der Waals surface area contributed by atoms with Gasteiger partial charge in [0.25, 0.3) is 11.8 Å². The Bertz CT molecular complexity index is 1440. The summed E-state index contributed by atoms with van der Waals surface area (Å²) in [5.41, 5.74) is 2.20. The lowest BCUT2D eigenvalue weighted by Gasteiger charge is -2.14. The first-order valence-corrected chi connectivity index (χ1v) is 13.8. The van der Waals surface area contributed by atoms with Crippen LogP contribution in [0.4, 0.5) is 5.69 Å². The summed E-state index contributed by atoms with van der Waals surface area (Å²) >= 11 is 9.05. The van der Waals surface area contributed by atoms with Crippen molar-refractivity contribution < 1.29 is 19.1 Å². The quantitative estimate of drug-likeness (QED) is 0.158. The van der Waals surface area contributed by atoms with Crippen molar-refractivity contribution >= 4 is 58.3 Å². The minimum absolute atomic E-state index is 0.115. The molecule has 1 aromatic heterocycles. The van der Waals surface area contributed by atoms with Crippen molar-refractivity contribution in [3.8, 4) is 11.5 Å². The monoisotopic (exact) mass is 564 g/mol. The first-order valence-electron chi connectivity index (χ1n) is 11.5. The maximum atomic E-state index is 13.4. The average Bonchev–Trinajstić information content (AvgIpc) is 3.45. The molecule has 6 nitrogen and oxygen atoms in total. The predicted octanol–water partition coefficient (Wildman–Crippen LogP) is 7.12. The maximum absolute atomic E-state index is 13.4. The first kappa shape index (κ1) is 27.3. The van der Waals surface area contributed by atoms with E-state index in [0.717, 1.165) is 15.3 Å². The summed E-state index contributed by atoms with van der Waals surface area (Å²) in [5.74, 6) is 0.739. The summed E-state index contributed by atoms with van der Waals surface area (Å²) in [7, 11) is 3.02. The number of thioether (sulfide) groups is 1. The number of carbonyl (C=O) groups is 2. The summed E-state index contributed by atoms with van der Waals surface area (Å²) in [6.07, 6.45) is 1.65. The number of amides is 2. The second kappa shape index (κ2) is 13.2. The van der Waals surface area contributed by atoms with Crippen LogP contribution in [0.5, 0.6) is 11.5 Å². The number of halogens is 1. The highest BCUT2D eigenvalue weighted by Gasteiger charge is 2.18. The van der Waals surface area contributed by atoms with Crippen LogP contribution in [0.25, 0.3) is 6.08 Å². The predicted molar refractivity (Wildman–Crippen MR) is 155 cm³/mol. The minimum atomic E-state index is -0.450. The number of anilines is 1. The van der Waals surface area contributed by atoms with E-state index >= 15 is 0 Å². The van der Waals surface area contributed by atoms with E-state index in [-0.39, 0.29) is 5.70 Å². The second-order valence-electron chi connectivity index (χ2n) is 7.96. The molecule has 194 valence electrons. The van der Waals surface area contributed by atoms with Crippen LogP contribution in [0, 0.1) is 0 Å². The van der Waals surface area contributed by atoms with E-state index in [1.165, 1.54) is 25.6 Å². The summed E-state index contributed by atoms with van der Waals surface area (Å²) in [4.78, 5) is 28.3. The van der Waals surface area contributed by atoms with Gasteiger partial charge in [0.05, 0.1) is 19.9 Å². The van der Waals surface area contributed by atoms with Gasteiger partial charge in [-0.15, -0.1) is 23.1 Å². The molecule has 3 aromatic carbocycles. The summed E-state index contributed by atoms with van der Waals surface area (Å²) in [6, 6.07) is 23.8. The van der Waals surface area contributed by atoms with Crippen LogP contribution in [0.2, 0.25) is 5.02 Å². The van der Waals surface area contributed by atoms with Gasteiger partial charge in [0.15, 0.2) is 11.5 Å². The van der Waals surface area contributed by atoms with Crippen molar-refractivity contribution in [3.63, 3.8) is 0 Å². The zero-order valence-electron chi connectivity index (χ0n) is 20.7. The van der Waals surface area contributed by atoms with Gasteiger partial charge in [-0.1, -0.05) is 41.9 Å². The van der Waals surface area contributed by atoms with Gasteiger partial charge < -0.3 is 20.1 Å². The molecule has 0 unspecified atom stereocenters. The van der Waals surface area contributed by atoms with Crippen molar-refractivity contribution in [2.45, 2.75) is 10.6 Å². The third kappa shape index (κ3) is 7.19. The molecule has 0 saturated heterocycles. The molecule has 38 heavy (non-hydrogen) atoms. The van der Waals surface area contributed by atoms with Crippen molar-refractivity contribution in [2.24, 2.45) is 0 Å². The molecule has 0 aliphatic rings. The lowest BCUT2D eigenvalue weighted by Crippen LogP contribution is -2.30. The smallest absolute Gasteiger partial charge is 0.272 e. The third-order valence-electron chi connectivity index (χ3n) is 5.41. The van der Waals surface area contributed by atoms with Crippen molar-refractivity contribution in [1.29, 1.82) is 0 Å². The second-order valence-corrected chi connectivity index (χ2v) is 10.4. The normalized spacial score (nSPS) is 11.1. The number of ether oxygens (including phenoxy) is 2. The third-order valence-corrected chi connectivity index (χ3v) is 7.63. The van der Waals surface area contributed by atoms with Crippen LogP contribution >= 0.6 is 34.7 Å². The number of methoxy groups -OCH3 is 2. The number of carbonyl (C=O) groups excluding carboxylic acids is 2. The van der Waals surface area contributed by atoms with E-state index < -0.39 is 11.8 Å². The average molecular weight is 565 g/mol. The Morgan fingerprint density at radius 3 is 2.42 bits per heavy atom. The molecule has 9 heteroatoms. The first-order chi connectivity index (χ1) is 18.5. The van der Waals surface area contributed by atoms with E-state index in [9.17, 15) is 9.59 Å². The van der Waals surface area contributed by atoms with E-state index in [0.29, 0.717) is 33.5 Å². The largest absolute Gasteiger partial charge is 0.493 e. The SMILES string of the molecule is COc1ccc(C(=O)N/C(=C\c2cccs2)C(=O)Nc2ccccc2SCc2ccc(Cl)cc2)cc1OC. The minimum Gasteiger partial charge on any atom is -0.493 e. The number of benzene rings is 3. The van der Waals surface area contributed by atoms with Gasteiger partial charge in [-0.05, 0) is 65.6 Å². The number of hydrogen-bond donors (Lipinski definition) is 2. The Kier molecular flexibility index (Phi) is 9.48. The molecule has 0 saturated carbocycles. The topological polar surface area (TPSA) is 76.7 Å². The maximum Gasteiger partial charge on any atom is 0.272 e. The van der Waals surface area contributed by atoms with Crippen LogP contribution in [0.1, 0.15) is 20.8 Å². The molecule has 4 rings (SSSR count). The Balaban J connectivity index is 1.54. The van der Waals surface area contributed by atoms with E-state index in [4.69, 9.17) is 21.1 Å². The Morgan fingerprint density at radius 1 is 0.947 bits per heavy atom. The molecule has 4 aromatic rings. The molecule has 0 atom stereocenters. The summed E-state index contributed by atoms with van der Waals surface area (Å²) in [5, 5.41) is 8.32. The fourth-order valence-corrected chi connectivity index (χ4v) is 5.22. The number of nitrogens with one attached hydrogen (secondary N) is 2. The molecule has 0 aliphatic heterocycles. The standard InChI is InChI=1S/C29H25ClN2O4S2/c1-35-25-14-11-20(16-26(25)36-2)28(33)32-24(17-22-6-5-15-37-22)29(34)31-23-7-3-4-8-27(23)38-18-19-9-12-21(30)13-10-19/h3-17H,18H2,1-2H3,(H,31,34)(H,32,33)/b24-17-. The highest BCUT2D eigenvalue weighted by molar-refractivity contribution is 7.98. The summed E-state index contributed by atoms with van der Waals surface area (Å²) in [6.45, 7) is 0. The molecule has 0 aliphatic carbocycles. The van der Waals surface area contributed by atoms with Crippen LogP contribution < -0.4 is 20.1 Å². The Hall–Kier alpha value is -3.72. The van der Waals surface area contributed by atoms with Crippen LogP contribution in [0.15, 0.2) is 94.8 Å². The van der Waals surface area contributed by atoms with E-state index in [1.807, 2.05) is 66.0 Å². The number of para-hydroxylation sites is 1. The van der Waals surface area contributed by atoms with Crippen LogP contribution in [-0.2, 0) is 10.5 Å². The zero-order chi connectivity index (χ0) is 26.9. The van der Waals surface area contributed by atoms with E-state index in [2.05, 4.69) is 10.6 Å². The number of rotatable bonds is 10. The molecular formula is C29H25ClN2O4S2. The molecule has 2 amide bonds. The zero-order valence-corrected chi connectivity index (χ0v) is 23.1. The summed E-state index contributed by atoms with van der Waals surface area (Å²) < 4.78 is 10.6. The van der Waals surface area contributed by atoms with Crippen molar-refractivity contribution in [3.05, 3.63) is 111 Å². The Morgan fingerprint density at radius 2 is 1.71 bits per heavy atom. The van der Waals surface area contributed by atoms with Crippen LogP contribution in [0.3, 0.4) is 0 Å². The molecule has 0 fully saturated rings. The van der Waals surface area contributed by atoms with Gasteiger partial charge >= 0.3 is 0 Å². The lowest BCUT2D eigenvalue weighted by atomic mass is 10.1. The molecule has 1 heterocycles. The van der Waals surface area contributed by atoms with Crippen molar-refractivity contribution in [2.75, 3.05) is 19.5 Å². The molecule has 0 bridgehead atoms. The van der Waals surface area contributed by atoms with Gasteiger partial charge in [-0.2, -0.15) is 0 Å². The molecule has 2 N–H and O–H groups in total. The van der Waals surface area contributed by atoms with Gasteiger partial charge in [-0.25, -0.2) is 0 Å². The highest BCUT2D eigenvalue weighted by Crippen LogP contribution is 2.31. The number of thiophene rings is 1. The van der Waals surface area contributed by atoms with Gasteiger partial charge in [0.2, 0.25) is 0 Å². The molecule has 0 spiro atoms. The van der Waals surface area contributed by atoms with E-state index in [1.54, 1.807) is 36.0 Å². The lowest BCUT2D eigenvalue weighted by molar-refractivity contribution is -0.113. The van der Waals surface area contributed by atoms with Crippen molar-refractivity contribution in [1.82, 2.24) is 5.32 Å². The van der Waals surface area contributed by atoms with Crippen LogP contribution in [-0.4, -0.2) is 26.0 Å². The Labute approximate surface area is 234 Å². The fourth-order valence-electron chi connectivity index (χ4n) is 3.47. The molecule has 0 radical (unpaired) electrons. The van der Waals surface area contributed by atoms with Gasteiger partial charge in [-0.3, -0.25) is 9.59 Å². The van der Waals surface area contributed by atoms with Gasteiger partial charge in [0, 0.05) is 26.1 Å². The highest BCUT2D eigenvalue weighted by atomic mass is 35.5.